The molecule has 13 atom stereocenters. The summed E-state index contributed by atoms with van der Waals surface area (Å²) >= 11 is 0. The van der Waals surface area contributed by atoms with E-state index < -0.39 is 54.2 Å². The van der Waals surface area contributed by atoms with Crippen LogP contribution in [0.15, 0.2) is 36.5 Å². The first kappa shape index (κ1) is 36.5. The lowest BCUT2D eigenvalue weighted by molar-refractivity contribution is -0.169. The summed E-state index contributed by atoms with van der Waals surface area (Å²) in [6.07, 6.45) is 7.49. The van der Waals surface area contributed by atoms with Gasteiger partial charge in [0.25, 0.3) is 0 Å². The fourth-order valence-electron chi connectivity index (χ4n) is 5.99. The smallest absolute Gasteiger partial charge is 0.308 e. The predicted molar refractivity (Wildman–Crippen MR) is 161 cm³/mol. The van der Waals surface area contributed by atoms with Crippen molar-refractivity contribution in [2.45, 2.75) is 124 Å². The van der Waals surface area contributed by atoms with E-state index in [0.29, 0.717) is 25.2 Å². The highest BCUT2D eigenvalue weighted by Gasteiger charge is 2.41. The minimum atomic E-state index is -0.921. The molecule has 0 radical (unpaired) electrons. The van der Waals surface area contributed by atoms with Gasteiger partial charge in [-0.3, -0.25) is 4.79 Å². The Morgan fingerprint density at radius 2 is 1.62 bits per heavy atom. The van der Waals surface area contributed by atoms with Gasteiger partial charge < -0.3 is 30.3 Å². The van der Waals surface area contributed by atoms with Crippen LogP contribution in [0, 0.1) is 41.4 Å². The molecular formula is C33H58O7. The number of aliphatic hydroxyl groups is 4. The van der Waals surface area contributed by atoms with Crippen molar-refractivity contribution in [2.24, 2.45) is 41.4 Å². The summed E-state index contributed by atoms with van der Waals surface area (Å²) in [5.74, 6) is -2.34. The van der Waals surface area contributed by atoms with Crippen molar-refractivity contribution in [3.63, 3.8) is 0 Å². The SMILES string of the molecule is C=CC[C@@H](C)/C=C(\C)[C@H](O)[C@H](C)/C=C/CC[C@@H](O)[C@H](C)[C@H](O)[C@H](C)[C@H](O)[C@H](C)[C@H]1O[C@H]([C@H](C)C(=O)O)CC[C@@H]1C. The van der Waals surface area contributed by atoms with Crippen LogP contribution in [-0.2, 0) is 9.53 Å². The van der Waals surface area contributed by atoms with E-state index in [0.717, 1.165) is 18.4 Å². The van der Waals surface area contributed by atoms with Crippen LogP contribution < -0.4 is 0 Å². The van der Waals surface area contributed by atoms with Gasteiger partial charge >= 0.3 is 5.97 Å². The second-order valence-corrected chi connectivity index (χ2v) is 12.7. The zero-order valence-corrected chi connectivity index (χ0v) is 26.1. The summed E-state index contributed by atoms with van der Waals surface area (Å²) < 4.78 is 6.18. The highest BCUT2D eigenvalue weighted by atomic mass is 16.5. The summed E-state index contributed by atoms with van der Waals surface area (Å²) in [6.45, 7) is 18.9. The monoisotopic (exact) mass is 566 g/mol. The molecule has 1 heterocycles. The van der Waals surface area contributed by atoms with Gasteiger partial charge in [-0.2, -0.15) is 0 Å². The summed E-state index contributed by atoms with van der Waals surface area (Å²) in [4.78, 5) is 11.5. The third-order valence-electron chi connectivity index (χ3n) is 9.15. The number of carboxylic acids is 1. The first-order valence-electron chi connectivity index (χ1n) is 15.2. The van der Waals surface area contributed by atoms with Crippen molar-refractivity contribution >= 4 is 5.97 Å². The Morgan fingerprint density at radius 1 is 1.00 bits per heavy atom. The van der Waals surface area contributed by atoms with Crippen LogP contribution in [-0.4, -0.2) is 68.1 Å². The molecule has 0 amide bonds. The Hall–Kier alpha value is -1.51. The number of hydrogen-bond donors (Lipinski definition) is 5. The second kappa shape index (κ2) is 17.4. The van der Waals surface area contributed by atoms with Gasteiger partial charge in [-0.25, -0.2) is 0 Å². The topological polar surface area (TPSA) is 127 Å². The van der Waals surface area contributed by atoms with Crippen LogP contribution in [0.3, 0.4) is 0 Å². The van der Waals surface area contributed by atoms with Gasteiger partial charge in [-0.15, -0.1) is 6.58 Å². The highest BCUT2D eigenvalue weighted by Crippen LogP contribution is 2.36. The Bertz CT molecular complexity index is 824. The molecule has 232 valence electrons. The van der Waals surface area contributed by atoms with Gasteiger partial charge in [-0.05, 0) is 63.4 Å². The molecule has 0 saturated carbocycles. The van der Waals surface area contributed by atoms with Gasteiger partial charge in [0.05, 0.1) is 42.5 Å². The normalized spacial score (nSPS) is 28.1. The molecule has 0 aromatic heterocycles. The number of hydrogen-bond acceptors (Lipinski definition) is 6. The number of ether oxygens (including phenoxy) is 1. The lowest BCUT2D eigenvalue weighted by atomic mass is 9.76. The zero-order valence-electron chi connectivity index (χ0n) is 26.1. The molecule has 1 rings (SSSR count). The number of allylic oxidation sites excluding steroid dienone is 3. The van der Waals surface area contributed by atoms with Crippen LogP contribution in [0.25, 0.3) is 0 Å². The summed E-state index contributed by atoms with van der Waals surface area (Å²) in [5, 5.41) is 53.0. The van der Waals surface area contributed by atoms with Gasteiger partial charge in [0.2, 0.25) is 0 Å². The minimum Gasteiger partial charge on any atom is -0.481 e. The van der Waals surface area contributed by atoms with Crippen molar-refractivity contribution in [2.75, 3.05) is 0 Å². The average molecular weight is 567 g/mol. The average Bonchev–Trinajstić information content (AvgIpc) is 2.92. The van der Waals surface area contributed by atoms with Gasteiger partial charge in [-0.1, -0.05) is 65.8 Å². The summed E-state index contributed by atoms with van der Waals surface area (Å²) in [5.41, 5.74) is 0.935. The molecule has 5 N–H and O–H groups in total. The molecule has 1 aliphatic rings. The van der Waals surface area contributed by atoms with Crippen LogP contribution in [0.1, 0.15) is 87.5 Å². The maximum absolute atomic E-state index is 11.5. The predicted octanol–water partition coefficient (Wildman–Crippen LogP) is 5.37. The summed E-state index contributed by atoms with van der Waals surface area (Å²) in [6, 6.07) is 0. The van der Waals surface area contributed by atoms with Crippen molar-refractivity contribution in [3.05, 3.63) is 36.5 Å². The number of aliphatic carboxylic acids is 1. The van der Waals surface area contributed by atoms with Crippen molar-refractivity contribution in [1.82, 2.24) is 0 Å². The van der Waals surface area contributed by atoms with E-state index in [1.165, 1.54) is 0 Å². The van der Waals surface area contributed by atoms with Gasteiger partial charge in [0.15, 0.2) is 0 Å². The molecule has 0 aromatic carbocycles. The quantitative estimate of drug-likeness (QED) is 0.150. The lowest BCUT2D eigenvalue weighted by Gasteiger charge is -2.43. The van der Waals surface area contributed by atoms with Crippen molar-refractivity contribution < 1.29 is 35.1 Å². The molecular weight excluding hydrogens is 508 g/mol. The van der Waals surface area contributed by atoms with Crippen LogP contribution in [0.5, 0.6) is 0 Å². The van der Waals surface area contributed by atoms with E-state index in [2.05, 4.69) is 26.5 Å². The molecule has 7 nitrogen and oxygen atoms in total. The molecule has 7 heteroatoms. The summed E-state index contributed by atoms with van der Waals surface area (Å²) in [7, 11) is 0. The van der Waals surface area contributed by atoms with Crippen LogP contribution in [0.2, 0.25) is 0 Å². The van der Waals surface area contributed by atoms with E-state index >= 15 is 0 Å². The van der Waals surface area contributed by atoms with Gasteiger partial charge in [0, 0.05) is 23.7 Å². The zero-order chi connectivity index (χ0) is 30.7. The molecule has 1 saturated heterocycles. The number of aliphatic hydroxyl groups excluding tert-OH is 4. The molecule has 0 unspecified atom stereocenters. The third-order valence-corrected chi connectivity index (χ3v) is 9.15. The van der Waals surface area contributed by atoms with Crippen molar-refractivity contribution in [3.8, 4) is 0 Å². The van der Waals surface area contributed by atoms with E-state index in [1.54, 1.807) is 20.8 Å². The van der Waals surface area contributed by atoms with E-state index in [9.17, 15) is 30.3 Å². The lowest BCUT2D eigenvalue weighted by Crippen LogP contribution is -2.49. The van der Waals surface area contributed by atoms with Gasteiger partial charge in [0.1, 0.15) is 0 Å². The number of carboxylic acid groups (broad SMARTS) is 1. The van der Waals surface area contributed by atoms with E-state index in [1.807, 2.05) is 39.0 Å². The van der Waals surface area contributed by atoms with E-state index in [4.69, 9.17) is 4.74 Å². The maximum atomic E-state index is 11.5. The highest BCUT2D eigenvalue weighted by molar-refractivity contribution is 5.70. The number of rotatable bonds is 17. The Morgan fingerprint density at radius 3 is 2.20 bits per heavy atom. The van der Waals surface area contributed by atoms with E-state index in [-0.39, 0.29) is 23.9 Å². The molecule has 40 heavy (non-hydrogen) atoms. The second-order valence-electron chi connectivity index (χ2n) is 12.7. The molecule has 0 bridgehead atoms. The first-order chi connectivity index (χ1) is 18.6. The third kappa shape index (κ3) is 10.7. The van der Waals surface area contributed by atoms with Crippen LogP contribution >= 0.6 is 0 Å². The molecule has 1 fully saturated rings. The largest absolute Gasteiger partial charge is 0.481 e. The molecule has 0 spiro atoms. The molecule has 0 aliphatic carbocycles. The maximum Gasteiger partial charge on any atom is 0.308 e. The Labute approximate surface area is 243 Å². The van der Waals surface area contributed by atoms with Crippen LogP contribution in [0.4, 0.5) is 0 Å². The van der Waals surface area contributed by atoms with Crippen molar-refractivity contribution in [1.29, 1.82) is 0 Å². The minimum absolute atomic E-state index is 0.0634. The fourth-order valence-corrected chi connectivity index (χ4v) is 5.99. The fraction of sp³-hybridized carbons (Fsp3) is 0.788. The standard InChI is InChI=1S/C33H58O7/c1-10-13-19(2)18-22(5)29(35)20(3)14-11-12-15-27(34)23(6)30(36)25(8)31(37)26(9)32-21(4)16-17-28(40-32)24(7)33(38)39/h10-11,14,18-21,23-32,34-37H,1,12-13,15-17H2,2-9H3,(H,38,39)/b14-11+,22-18+/t19-,20-,21+,23+,24+,25+,26+,27-,28+,29-,30+,31+,32+/m1/s1. The Balaban J connectivity index is 2.66. The Kier molecular flexibility index (Phi) is 15.9. The number of carbonyl (C=O) groups is 1. The first-order valence-corrected chi connectivity index (χ1v) is 15.2. The molecule has 1 aliphatic heterocycles. The molecule has 0 aromatic rings.